The average Bonchev–Trinajstić information content (AvgIpc) is 2.16. The maximum Gasteiger partial charge on any atom is 0.416 e. The Balaban J connectivity index is 0.00000225. The molecule has 2 N–H and O–H groups in total. The number of ether oxygens (including phenoxy) is 1. The van der Waals surface area contributed by atoms with Crippen LogP contribution in [0.2, 0.25) is 0 Å². The van der Waals surface area contributed by atoms with Crippen LogP contribution >= 0.6 is 12.4 Å². The topological polar surface area (TPSA) is 35.2 Å². The Morgan fingerprint density at radius 2 is 1.94 bits per heavy atom. The number of methoxy groups -OCH3 is 1. The summed E-state index contributed by atoms with van der Waals surface area (Å²) >= 11 is 0. The van der Waals surface area contributed by atoms with E-state index in [-0.39, 0.29) is 31.1 Å². The summed E-state index contributed by atoms with van der Waals surface area (Å²) in [7, 11) is 1.49. The van der Waals surface area contributed by atoms with Crippen molar-refractivity contribution in [3.63, 3.8) is 0 Å². The number of rotatable bonds is 3. The van der Waals surface area contributed by atoms with Crippen LogP contribution in [-0.2, 0) is 24.1 Å². The van der Waals surface area contributed by atoms with Crippen LogP contribution in [0.25, 0.3) is 0 Å². The second kappa shape index (κ2) is 6.08. The molecule has 0 aliphatic rings. The highest BCUT2D eigenvalue weighted by molar-refractivity contribution is 5.85. The molecule has 0 aliphatic heterocycles. The van der Waals surface area contributed by atoms with Crippen LogP contribution in [0.4, 0.5) is 13.2 Å². The first-order chi connectivity index (χ1) is 6.99. The predicted molar refractivity (Wildman–Crippen MR) is 57.3 cm³/mol. The number of halogens is 4. The van der Waals surface area contributed by atoms with E-state index >= 15 is 0 Å². The van der Waals surface area contributed by atoms with Gasteiger partial charge in [-0.15, -0.1) is 12.4 Å². The molecule has 0 bridgehead atoms. The fourth-order valence-electron chi connectivity index (χ4n) is 1.35. The number of benzene rings is 1. The fourth-order valence-corrected chi connectivity index (χ4v) is 1.35. The second-order valence-electron chi connectivity index (χ2n) is 3.13. The lowest BCUT2D eigenvalue weighted by molar-refractivity contribution is -0.138. The van der Waals surface area contributed by atoms with E-state index < -0.39 is 11.7 Å². The molecule has 0 atom stereocenters. The van der Waals surface area contributed by atoms with Crippen LogP contribution in [0.5, 0.6) is 0 Å². The lowest BCUT2D eigenvalue weighted by atomic mass is 10.0. The lowest BCUT2D eigenvalue weighted by Gasteiger charge is -2.12. The van der Waals surface area contributed by atoms with Gasteiger partial charge in [-0.05, 0) is 17.2 Å². The van der Waals surface area contributed by atoms with Crippen LogP contribution < -0.4 is 5.73 Å². The predicted octanol–water partition coefficient (Wildman–Crippen LogP) is 2.73. The molecule has 1 aromatic carbocycles. The molecule has 92 valence electrons. The van der Waals surface area contributed by atoms with Gasteiger partial charge < -0.3 is 10.5 Å². The van der Waals surface area contributed by atoms with Gasteiger partial charge in [0.25, 0.3) is 0 Å². The highest BCUT2D eigenvalue weighted by Gasteiger charge is 2.32. The van der Waals surface area contributed by atoms with Gasteiger partial charge in [-0.3, -0.25) is 0 Å². The first-order valence-electron chi connectivity index (χ1n) is 4.37. The summed E-state index contributed by atoms with van der Waals surface area (Å²) in [6, 6.07) is 3.86. The third-order valence-electron chi connectivity index (χ3n) is 2.01. The Kier molecular flexibility index (Phi) is 5.78. The molecule has 0 saturated heterocycles. The molecular weight excluding hydrogens is 243 g/mol. The minimum atomic E-state index is -4.35. The van der Waals surface area contributed by atoms with Gasteiger partial charge in [-0.1, -0.05) is 12.1 Å². The summed E-state index contributed by atoms with van der Waals surface area (Å²) in [5.41, 5.74) is 5.38. The minimum Gasteiger partial charge on any atom is -0.380 e. The van der Waals surface area contributed by atoms with Gasteiger partial charge in [-0.2, -0.15) is 13.2 Å². The highest BCUT2D eigenvalue weighted by atomic mass is 35.5. The standard InChI is InChI=1S/C10H12F3NO.ClH/c1-15-6-7-2-3-9(10(11,12)13)8(4-7)5-14;/h2-4H,5-6,14H2,1H3;1H. The monoisotopic (exact) mass is 255 g/mol. The smallest absolute Gasteiger partial charge is 0.380 e. The van der Waals surface area contributed by atoms with Gasteiger partial charge in [0.1, 0.15) is 0 Å². The molecule has 0 spiro atoms. The molecule has 0 fully saturated rings. The third kappa shape index (κ3) is 3.66. The van der Waals surface area contributed by atoms with Crippen molar-refractivity contribution in [3.8, 4) is 0 Å². The van der Waals surface area contributed by atoms with Crippen molar-refractivity contribution in [2.24, 2.45) is 5.73 Å². The molecule has 0 heterocycles. The first kappa shape index (κ1) is 15.2. The van der Waals surface area contributed by atoms with E-state index in [1.807, 2.05) is 0 Å². The number of alkyl halides is 3. The van der Waals surface area contributed by atoms with E-state index in [1.54, 1.807) is 0 Å². The van der Waals surface area contributed by atoms with E-state index in [9.17, 15) is 13.2 Å². The van der Waals surface area contributed by atoms with E-state index in [4.69, 9.17) is 10.5 Å². The summed E-state index contributed by atoms with van der Waals surface area (Å²) in [5.74, 6) is 0. The van der Waals surface area contributed by atoms with Gasteiger partial charge in [0.2, 0.25) is 0 Å². The van der Waals surface area contributed by atoms with E-state index in [0.29, 0.717) is 5.56 Å². The van der Waals surface area contributed by atoms with Crippen molar-refractivity contribution in [2.45, 2.75) is 19.3 Å². The van der Waals surface area contributed by atoms with Crippen molar-refractivity contribution in [1.29, 1.82) is 0 Å². The van der Waals surface area contributed by atoms with Crippen LogP contribution in [0, 0.1) is 0 Å². The van der Waals surface area contributed by atoms with Crippen LogP contribution in [0.15, 0.2) is 18.2 Å². The van der Waals surface area contributed by atoms with E-state index in [0.717, 1.165) is 6.07 Å². The molecule has 0 radical (unpaired) electrons. The Morgan fingerprint density at radius 3 is 2.38 bits per heavy atom. The molecule has 1 rings (SSSR count). The molecule has 0 amide bonds. The zero-order chi connectivity index (χ0) is 11.5. The third-order valence-corrected chi connectivity index (χ3v) is 2.01. The Bertz CT molecular complexity index is 341. The van der Waals surface area contributed by atoms with Gasteiger partial charge in [0.05, 0.1) is 12.2 Å². The molecule has 0 saturated carbocycles. The van der Waals surface area contributed by atoms with Gasteiger partial charge in [-0.25, -0.2) is 0 Å². The van der Waals surface area contributed by atoms with Gasteiger partial charge in [0, 0.05) is 13.7 Å². The highest BCUT2D eigenvalue weighted by Crippen LogP contribution is 2.32. The van der Waals surface area contributed by atoms with E-state index in [1.165, 1.54) is 19.2 Å². The second-order valence-corrected chi connectivity index (χ2v) is 3.13. The summed E-state index contributed by atoms with van der Waals surface area (Å²) < 4.78 is 42.2. The molecule has 2 nitrogen and oxygen atoms in total. The van der Waals surface area contributed by atoms with Crippen molar-refractivity contribution < 1.29 is 17.9 Å². The normalized spacial score (nSPS) is 11.1. The largest absolute Gasteiger partial charge is 0.416 e. The fraction of sp³-hybridized carbons (Fsp3) is 0.400. The minimum absolute atomic E-state index is 0. The Labute approximate surface area is 98.0 Å². The van der Waals surface area contributed by atoms with Crippen molar-refractivity contribution in [2.75, 3.05) is 7.11 Å². The maximum absolute atomic E-state index is 12.5. The SMILES string of the molecule is COCc1ccc(C(F)(F)F)c(CN)c1.Cl. The molecule has 0 aromatic heterocycles. The molecule has 6 heteroatoms. The van der Waals surface area contributed by atoms with Crippen LogP contribution in [0.3, 0.4) is 0 Å². The zero-order valence-corrected chi connectivity index (χ0v) is 9.49. The number of hydrogen-bond acceptors (Lipinski definition) is 2. The average molecular weight is 256 g/mol. The van der Waals surface area contributed by atoms with Crippen LogP contribution in [0.1, 0.15) is 16.7 Å². The van der Waals surface area contributed by atoms with Crippen molar-refractivity contribution in [1.82, 2.24) is 0 Å². The molecule has 1 aromatic rings. The molecule has 0 aliphatic carbocycles. The Hall–Kier alpha value is -0.780. The summed E-state index contributed by atoms with van der Waals surface area (Å²) in [5, 5.41) is 0. The first-order valence-corrected chi connectivity index (χ1v) is 4.37. The lowest BCUT2D eigenvalue weighted by Crippen LogP contribution is -2.12. The number of nitrogens with two attached hydrogens (primary N) is 1. The maximum atomic E-state index is 12.5. The molecular formula is C10H13ClF3NO. The van der Waals surface area contributed by atoms with Crippen LogP contribution in [-0.4, -0.2) is 7.11 Å². The zero-order valence-electron chi connectivity index (χ0n) is 8.67. The quantitative estimate of drug-likeness (QED) is 0.901. The van der Waals surface area contributed by atoms with Crippen molar-refractivity contribution >= 4 is 12.4 Å². The summed E-state index contributed by atoms with van der Waals surface area (Å²) in [6.07, 6.45) is -4.35. The Morgan fingerprint density at radius 1 is 1.31 bits per heavy atom. The van der Waals surface area contributed by atoms with Crippen molar-refractivity contribution in [3.05, 3.63) is 34.9 Å². The van der Waals surface area contributed by atoms with E-state index in [2.05, 4.69) is 0 Å². The summed E-state index contributed by atoms with van der Waals surface area (Å²) in [6.45, 7) is 0.150. The van der Waals surface area contributed by atoms with Gasteiger partial charge in [0.15, 0.2) is 0 Å². The number of hydrogen-bond donors (Lipinski definition) is 1. The summed E-state index contributed by atoms with van der Waals surface area (Å²) in [4.78, 5) is 0. The molecule has 16 heavy (non-hydrogen) atoms. The van der Waals surface area contributed by atoms with Gasteiger partial charge >= 0.3 is 6.18 Å². The molecule has 0 unspecified atom stereocenters.